The van der Waals surface area contributed by atoms with Gasteiger partial charge in [-0.2, -0.15) is 0 Å². The first-order valence-electron chi connectivity index (χ1n) is 5.03. The van der Waals surface area contributed by atoms with E-state index in [-0.39, 0.29) is 0 Å². The number of aryl methyl sites for hydroxylation is 1. The molecule has 1 aromatic heterocycles. The summed E-state index contributed by atoms with van der Waals surface area (Å²) in [5.74, 6) is 0. The Labute approximate surface area is 85.2 Å². The summed E-state index contributed by atoms with van der Waals surface area (Å²) in [6, 6.07) is 0.605. The summed E-state index contributed by atoms with van der Waals surface area (Å²) in [6.07, 6.45) is 3.87. The molecule has 0 radical (unpaired) electrons. The van der Waals surface area contributed by atoms with Crippen molar-refractivity contribution in [2.24, 2.45) is 0 Å². The van der Waals surface area contributed by atoms with Crippen LogP contribution in [0.15, 0.2) is 10.8 Å². The average Bonchev–Trinajstić information content (AvgIpc) is 2.48. The minimum absolute atomic E-state index is 0.605. The lowest BCUT2D eigenvalue weighted by Crippen LogP contribution is -2.14. The van der Waals surface area contributed by atoms with Crippen molar-refractivity contribution < 1.29 is 0 Å². The van der Waals surface area contributed by atoms with Gasteiger partial charge in [-0.25, -0.2) is 0 Å². The van der Waals surface area contributed by atoms with Crippen LogP contribution in [0.3, 0.4) is 0 Å². The summed E-state index contributed by atoms with van der Waals surface area (Å²) in [6.45, 7) is 6.65. The van der Waals surface area contributed by atoms with Crippen LogP contribution in [-0.4, -0.2) is 6.04 Å². The van der Waals surface area contributed by atoms with Crippen molar-refractivity contribution in [2.45, 2.75) is 46.1 Å². The van der Waals surface area contributed by atoms with Crippen molar-refractivity contribution in [3.63, 3.8) is 0 Å². The van der Waals surface area contributed by atoms with Gasteiger partial charge in [-0.3, -0.25) is 0 Å². The average molecular weight is 197 g/mol. The SMILES string of the molecule is CCCCC(C)Nc1cscc1C. The van der Waals surface area contributed by atoms with E-state index >= 15 is 0 Å². The first-order chi connectivity index (χ1) is 6.24. The highest BCUT2D eigenvalue weighted by Gasteiger charge is 2.03. The fourth-order valence-electron chi connectivity index (χ4n) is 1.36. The summed E-state index contributed by atoms with van der Waals surface area (Å²) < 4.78 is 0. The van der Waals surface area contributed by atoms with Crippen molar-refractivity contribution in [1.82, 2.24) is 0 Å². The van der Waals surface area contributed by atoms with Gasteiger partial charge in [-0.1, -0.05) is 19.8 Å². The van der Waals surface area contributed by atoms with Gasteiger partial charge in [0.1, 0.15) is 0 Å². The fraction of sp³-hybridized carbons (Fsp3) is 0.636. The summed E-state index contributed by atoms with van der Waals surface area (Å²) in [7, 11) is 0. The number of hydrogen-bond acceptors (Lipinski definition) is 2. The molecule has 1 atom stereocenters. The van der Waals surface area contributed by atoms with Crippen molar-refractivity contribution >= 4 is 17.0 Å². The molecule has 0 fully saturated rings. The molecule has 0 saturated carbocycles. The smallest absolute Gasteiger partial charge is 0.0480 e. The van der Waals surface area contributed by atoms with Gasteiger partial charge in [0.15, 0.2) is 0 Å². The van der Waals surface area contributed by atoms with Crippen molar-refractivity contribution in [3.8, 4) is 0 Å². The first-order valence-corrected chi connectivity index (χ1v) is 5.97. The molecule has 0 aromatic carbocycles. The van der Waals surface area contributed by atoms with E-state index in [0.29, 0.717) is 6.04 Å². The van der Waals surface area contributed by atoms with E-state index in [4.69, 9.17) is 0 Å². The van der Waals surface area contributed by atoms with Crippen LogP contribution in [0.2, 0.25) is 0 Å². The van der Waals surface area contributed by atoms with E-state index < -0.39 is 0 Å². The molecule has 74 valence electrons. The summed E-state index contributed by atoms with van der Waals surface area (Å²) in [5.41, 5.74) is 2.68. The summed E-state index contributed by atoms with van der Waals surface area (Å²) in [4.78, 5) is 0. The monoisotopic (exact) mass is 197 g/mol. The van der Waals surface area contributed by atoms with Crippen LogP contribution in [0.4, 0.5) is 5.69 Å². The number of thiophene rings is 1. The third-order valence-corrected chi connectivity index (χ3v) is 3.11. The number of unbranched alkanes of at least 4 members (excludes halogenated alkanes) is 1. The third-order valence-electron chi connectivity index (χ3n) is 2.25. The standard InChI is InChI=1S/C11H19NS/c1-4-5-6-10(3)12-11-8-13-7-9(11)2/h7-8,10,12H,4-6H2,1-3H3. The van der Waals surface area contributed by atoms with E-state index in [1.54, 1.807) is 11.3 Å². The molecule has 1 nitrogen and oxygen atoms in total. The fourth-order valence-corrected chi connectivity index (χ4v) is 2.15. The van der Waals surface area contributed by atoms with Gasteiger partial charge in [0, 0.05) is 17.1 Å². The molecule has 1 heterocycles. The maximum absolute atomic E-state index is 3.54. The second-order valence-electron chi connectivity index (χ2n) is 3.66. The Morgan fingerprint density at radius 3 is 2.77 bits per heavy atom. The van der Waals surface area contributed by atoms with Crippen LogP contribution < -0.4 is 5.32 Å². The predicted molar refractivity (Wildman–Crippen MR) is 61.7 cm³/mol. The number of rotatable bonds is 5. The maximum atomic E-state index is 3.54. The molecule has 0 aliphatic heterocycles. The van der Waals surface area contributed by atoms with Crippen LogP contribution in [-0.2, 0) is 0 Å². The number of hydrogen-bond donors (Lipinski definition) is 1. The third kappa shape index (κ3) is 3.39. The van der Waals surface area contributed by atoms with Crippen molar-refractivity contribution in [2.75, 3.05) is 5.32 Å². The van der Waals surface area contributed by atoms with Crippen molar-refractivity contribution in [3.05, 3.63) is 16.3 Å². The second-order valence-corrected chi connectivity index (χ2v) is 4.40. The van der Waals surface area contributed by atoms with Crippen LogP contribution in [0.5, 0.6) is 0 Å². The Kier molecular flexibility index (Phi) is 4.29. The molecule has 1 aromatic rings. The highest BCUT2D eigenvalue weighted by Crippen LogP contribution is 2.21. The molecule has 1 rings (SSSR count). The van der Waals surface area contributed by atoms with E-state index in [9.17, 15) is 0 Å². The Morgan fingerprint density at radius 2 is 2.23 bits per heavy atom. The van der Waals surface area contributed by atoms with Crippen LogP contribution in [0.25, 0.3) is 0 Å². The van der Waals surface area contributed by atoms with Crippen molar-refractivity contribution in [1.29, 1.82) is 0 Å². The molecule has 0 aliphatic rings. The predicted octanol–water partition coefficient (Wildman–Crippen LogP) is 4.05. The van der Waals surface area contributed by atoms with Crippen LogP contribution >= 0.6 is 11.3 Å². The Bertz CT molecular complexity index is 242. The topological polar surface area (TPSA) is 12.0 Å². The van der Waals surface area contributed by atoms with Gasteiger partial charge in [0.25, 0.3) is 0 Å². The van der Waals surface area contributed by atoms with Crippen LogP contribution in [0, 0.1) is 6.92 Å². The van der Waals surface area contributed by atoms with Gasteiger partial charge in [0.2, 0.25) is 0 Å². The Hall–Kier alpha value is -0.500. The minimum Gasteiger partial charge on any atom is -0.382 e. The molecule has 0 amide bonds. The molecule has 1 unspecified atom stereocenters. The van der Waals surface area contributed by atoms with Gasteiger partial charge in [0.05, 0.1) is 0 Å². The molecule has 0 bridgehead atoms. The van der Waals surface area contributed by atoms with Crippen LogP contribution in [0.1, 0.15) is 38.7 Å². The van der Waals surface area contributed by atoms with E-state index in [1.807, 2.05) is 0 Å². The highest BCUT2D eigenvalue weighted by atomic mass is 32.1. The van der Waals surface area contributed by atoms with Gasteiger partial charge >= 0.3 is 0 Å². The molecule has 0 aliphatic carbocycles. The molecule has 0 saturated heterocycles. The van der Waals surface area contributed by atoms with E-state index in [2.05, 4.69) is 36.8 Å². The van der Waals surface area contributed by atoms with E-state index in [1.165, 1.54) is 30.5 Å². The Balaban J connectivity index is 2.36. The van der Waals surface area contributed by atoms with E-state index in [0.717, 1.165) is 0 Å². The molecule has 1 N–H and O–H groups in total. The lowest BCUT2D eigenvalue weighted by Gasteiger charge is -2.14. The van der Waals surface area contributed by atoms with Gasteiger partial charge in [-0.15, -0.1) is 11.3 Å². The number of anilines is 1. The normalized spacial score (nSPS) is 12.8. The number of nitrogens with one attached hydrogen (secondary N) is 1. The largest absolute Gasteiger partial charge is 0.382 e. The zero-order valence-electron chi connectivity index (χ0n) is 8.76. The Morgan fingerprint density at radius 1 is 1.46 bits per heavy atom. The molecule has 0 spiro atoms. The lowest BCUT2D eigenvalue weighted by molar-refractivity contribution is 0.645. The first kappa shape index (κ1) is 10.6. The summed E-state index contributed by atoms with van der Waals surface area (Å²) in [5, 5.41) is 7.92. The molecule has 13 heavy (non-hydrogen) atoms. The quantitative estimate of drug-likeness (QED) is 0.751. The lowest BCUT2D eigenvalue weighted by atomic mass is 10.1. The van der Waals surface area contributed by atoms with Gasteiger partial charge < -0.3 is 5.32 Å². The maximum Gasteiger partial charge on any atom is 0.0480 e. The minimum atomic E-state index is 0.605. The molecular weight excluding hydrogens is 178 g/mol. The second kappa shape index (κ2) is 5.28. The highest BCUT2D eigenvalue weighted by molar-refractivity contribution is 7.08. The van der Waals surface area contributed by atoms with Gasteiger partial charge in [-0.05, 0) is 31.2 Å². The molecular formula is C11H19NS. The molecule has 2 heteroatoms. The summed E-state index contributed by atoms with van der Waals surface area (Å²) >= 11 is 1.77. The zero-order chi connectivity index (χ0) is 9.68. The zero-order valence-corrected chi connectivity index (χ0v) is 9.58.